The van der Waals surface area contributed by atoms with E-state index in [-0.39, 0.29) is 60.1 Å². The van der Waals surface area contributed by atoms with Gasteiger partial charge in [-0.1, -0.05) is 30.4 Å². The van der Waals surface area contributed by atoms with E-state index in [1.807, 2.05) is 32.0 Å². The van der Waals surface area contributed by atoms with Crippen molar-refractivity contribution in [2.75, 3.05) is 16.3 Å². The third kappa shape index (κ3) is 3.32. The number of hydrogen-bond donors (Lipinski definition) is 0. The highest BCUT2D eigenvalue weighted by molar-refractivity contribution is 6.22. The molecule has 2 saturated heterocycles. The van der Waals surface area contributed by atoms with Crippen molar-refractivity contribution in [3.63, 3.8) is 0 Å². The normalized spacial score (nSPS) is 28.9. The largest absolute Gasteiger partial charge is 0.426 e. The van der Waals surface area contributed by atoms with Gasteiger partial charge in [0.1, 0.15) is 5.75 Å². The lowest BCUT2D eigenvalue weighted by Gasteiger charge is -2.20. The fourth-order valence-electron chi connectivity index (χ4n) is 6.17. The van der Waals surface area contributed by atoms with Gasteiger partial charge in [0.15, 0.2) is 0 Å². The Morgan fingerprint density at radius 1 is 0.943 bits per heavy atom. The van der Waals surface area contributed by atoms with E-state index in [9.17, 15) is 19.2 Å². The zero-order valence-electron chi connectivity index (χ0n) is 19.6. The molecule has 4 aliphatic rings. The van der Waals surface area contributed by atoms with E-state index in [4.69, 9.17) is 4.74 Å². The Balaban J connectivity index is 1.18. The van der Waals surface area contributed by atoms with E-state index in [0.717, 1.165) is 23.2 Å². The lowest BCUT2D eigenvalue weighted by atomic mass is 9.85. The molecular formula is C28H26N2O5. The molecule has 6 rings (SSSR count). The molecule has 178 valence electrons. The smallest absolute Gasteiger partial charge is 0.316 e. The molecule has 2 heterocycles. The minimum absolute atomic E-state index is 0.0775. The van der Waals surface area contributed by atoms with Crippen LogP contribution in [0.3, 0.4) is 0 Å². The minimum Gasteiger partial charge on any atom is -0.426 e. The summed E-state index contributed by atoms with van der Waals surface area (Å²) in [5.74, 6) is -1.62. The number of hydrogen-bond acceptors (Lipinski definition) is 5. The SMILES string of the molecule is Cc1cccc(N2C[C@H](C(=O)Oc3cccc(N4C(=O)[C@@H]5[C@H](C4=O)[C@H]4C=C[C@H]5C4)c3)CC2=O)c1C. The first-order chi connectivity index (χ1) is 16.8. The Labute approximate surface area is 203 Å². The quantitative estimate of drug-likeness (QED) is 0.295. The molecule has 2 bridgehead atoms. The Hall–Kier alpha value is -3.74. The van der Waals surface area contributed by atoms with Crippen LogP contribution >= 0.6 is 0 Å². The molecule has 3 fully saturated rings. The molecule has 0 radical (unpaired) electrons. The van der Waals surface area contributed by atoms with Gasteiger partial charge in [-0.15, -0.1) is 0 Å². The van der Waals surface area contributed by atoms with E-state index in [1.165, 1.54) is 4.90 Å². The fourth-order valence-corrected chi connectivity index (χ4v) is 6.17. The van der Waals surface area contributed by atoms with Crippen molar-refractivity contribution in [2.45, 2.75) is 26.7 Å². The third-order valence-electron chi connectivity index (χ3n) is 8.09. The van der Waals surface area contributed by atoms with E-state index >= 15 is 0 Å². The first kappa shape index (κ1) is 21.8. The summed E-state index contributed by atoms with van der Waals surface area (Å²) in [6.07, 6.45) is 5.07. The molecule has 7 heteroatoms. The lowest BCUT2D eigenvalue weighted by molar-refractivity contribution is -0.139. The summed E-state index contributed by atoms with van der Waals surface area (Å²) < 4.78 is 5.62. The summed E-state index contributed by atoms with van der Waals surface area (Å²) in [6, 6.07) is 12.3. The van der Waals surface area contributed by atoms with Crippen molar-refractivity contribution in [2.24, 2.45) is 29.6 Å². The first-order valence-corrected chi connectivity index (χ1v) is 12.1. The number of rotatable bonds is 4. The highest BCUT2D eigenvalue weighted by atomic mass is 16.5. The molecular weight excluding hydrogens is 444 g/mol. The second-order valence-corrected chi connectivity index (χ2v) is 10.1. The van der Waals surface area contributed by atoms with Gasteiger partial charge in [0.05, 0.1) is 23.4 Å². The monoisotopic (exact) mass is 470 g/mol. The molecule has 2 aliphatic heterocycles. The van der Waals surface area contributed by atoms with Crippen LogP contribution in [0.4, 0.5) is 11.4 Å². The average molecular weight is 471 g/mol. The molecule has 2 aliphatic carbocycles. The summed E-state index contributed by atoms with van der Waals surface area (Å²) in [5, 5.41) is 0. The molecule has 0 aromatic heterocycles. The summed E-state index contributed by atoms with van der Waals surface area (Å²) in [5.41, 5.74) is 3.32. The molecule has 1 saturated carbocycles. The van der Waals surface area contributed by atoms with Crippen molar-refractivity contribution in [1.82, 2.24) is 0 Å². The van der Waals surface area contributed by atoms with Crippen LogP contribution in [0, 0.1) is 43.4 Å². The van der Waals surface area contributed by atoms with Crippen LogP contribution in [0.2, 0.25) is 0 Å². The third-order valence-corrected chi connectivity index (χ3v) is 8.09. The van der Waals surface area contributed by atoms with Crippen LogP contribution in [0.15, 0.2) is 54.6 Å². The molecule has 2 aromatic carbocycles. The molecule has 5 atom stereocenters. The molecule has 0 spiro atoms. The number of aryl methyl sites for hydroxylation is 1. The topological polar surface area (TPSA) is 84.0 Å². The molecule has 35 heavy (non-hydrogen) atoms. The van der Waals surface area contributed by atoms with Crippen molar-refractivity contribution < 1.29 is 23.9 Å². The van der Waals surface area contributed by atoms with Crippen LogP contribution < -0.4 is 14.5 Å². The van der Waals surface area contributed by atoms with E-state index in [2.05, 4.69) is 12.2 Å². The number of esters is 1. The summed E-state index contributed by atoms with van der Waals surface area (Å²) in [6.45, 7) is 4.21. The zero-order chi connectivity index (χ0) is 24.4. The van der Waals surface area contributed by atoms with Gasteiger partial charge in [-0.2, -0.15) is 0 Å². The van der Waals surface area contributed by atoms with Crippen LogP contribution in [0.5, 0.6) is 5.75 Å². The highest BCUT2D eigenvalue weighted by Crippen LogP contribution is 2.53. The number of carbonyl (C=O) groups excluding carboxylic acids is 4. The Kier molecular flexibility index (Phi) is 4.91. The summed E-state index contributed by atoms with van der Waals surface area (Å²) in [4.78, 5) is 54.8. The lowest BCUT2D eigenvalue weighted by Crippen LogP contribution is -2.32. The van der Waals surface area contributed by atoms with Gasteiger partial charge >= 0.3 is 5.97 Å². The van der Waals surface area contributed by atoms with Gasteiger partial charge in [0, 0.05) is 24.7 Å². The van der Waals surface area contributed by atoms with Crippen molar-refractivity contribution in [3.05, 3.63) is 65.7 Å². The average Bonchev–Trinajstić information content (AvgIpc) is 3.59. The maximum Gasteiger partial charge on any atom is 0.316 e. The predicted octanol–water partition coefficient (Wildman–Crippen LogP) is 3.57. The maximum atomic E-state index is 13.1. The van der Waals surface area contributed by atoms with Gasteiger partial charge in [-0.25, -0.2) is 4.90 Å². The zero-order valence-corrected chi connectivity index (χ0v) is 19.6. The first-order valence-electron chi connectivity index (χ1n) is 12.1. The number of allylic oxidation sites excluding steroid dienone is 2. The van der Waals surface area contributed by atoms with E-state index in [1.54, 1.807) is 29.2 Å². The molecule has 3 amide bonds. The summed E-state index contributed by atoms with van der Waals surface area (Å²) >= 11 is 0. The Morgan fingerprint density at radius 3 is 2.34 bits per heavy atom. The number of carbonyl (C=O) groups is 4. The Morgan fingerprint density at radius 2 is 1.63 bits per heavy atom. The summed E-state index contributed by atoms with van der Waals surface area (Å²) in [7, 11) is 0. The van der Waals surface area contributed by atoms with Crippen LogP contribution in [0.25, 0.3) is 0 Å². The fraction of sp³-hybridized carbons (Fsp3) is 0.357. The van der Waals surface area contributed by atoms with E-state index < -0.39 is 11.9 Å². The number of amides is 3. The molecule has 0 unspecified atom stereocenters. The van der Waals surface area contributed by atoms with Crippen LogP contribution in [0.1, 0.15) is 24.0 Å². The van der Waals surface area contributed by atoms with Crippen LogP contribution in [-0.2, 0) is 19.2 Å². The van der Waals surface area contributed by atoms with Gasteiger partial charge in [0.25, 0.3) is 0 Å². The number of benzene rings is 2. The van der Waals surface area contributed by atoms with Crippen molar-refractivity contribution in [1.29, 1.82) is 0 Å². The molecule has 7 nitrogen and oxygen atoms in total. The van der Waals surface area contributed by atoms with Crippen LogP contribution in [-0.4, -0.2) is 30.2 Å². The Bertz CT molecular complexity index is 1280. The molecule has 0 N–H and O–H groups in total. The molecule has 2 aromatic rings. The van der Waals surface area contributed by atoms with Gasteiger partial charge in [-0.3, -0.25) is 19.2 Å². The second kappa shape index (κ2) is 7.90. The van der Waals surface area contributed by atoms with Crippen molar-refractivity contribution in [3.8, 4) is 5.75 Å². The van der Waals surface area contributed by atoms with Gasteiger partial charge in [0.2, 0.25) is 17.7 Å². The number of anilines is 2. The second-order valence-electron chi connectivity index (χ2n) is 10.1. The standard InChI is InChI=1S/C28H26N2O5/c1-15-5-3-8-22(16(15)2)29-14-19(12-23(29)31)28(34)35-21-7-4-6-20(13-21)30-26(32)24-17-9-10-18(11-17)25(24)27(30)33/h3-10,13,17-19,24-25H,11-12,14H2,1-2H3/t17-,18-,19+,24-,25+/m0/s1. The van der Waals surface area contributed by atoms with Crippen molar-refractivity contribution >= 4 is 35.1 Å². The predicted molar refractivity (Wildman–Crippen MR) is 129 cm³/mol. The van der Waals surface area contributed by atoms with Gasteiger partial charge < -0.3 is 9.64 Å². The minimum atomic E-state index is -0.595. The number of ether oxygens (including phenoxy) is 1. The number of fused-ring (bicyclic) bond motifs is 5. The number of nitrogens with zero attached hydrogens (tertiary/aromatic N) is 2. The highest BCUT2D eigenvalue weighted by Gasteiger charge is 2.59. The maximum absolute atomic E-state index is 13.1. The van der Waals surface area contributed by atoms with Gasteiger partial charge in [-0.05, 0) is 61.4 Å². The van der Waals surface area contributed by atoms with E-state index in [0.29, 0.717) is 5.69 Å². The number of imide groups is 1.